The third-order valence-electron chi connectivity index (χ3n) is 5.74. The van der Waals surface area contributed by atoms with Crippen LogP contribution < -0.4 is 5.32 Å². The predicted octanol–water partition coefficient (Wildman–Crippen LogP) is 3.00. The Balaban J connectivity index is 1.32. The Hall–Kier alpha value is -1.88. The number of nitrogens with one attached hydrogen (secondary N) is 1. The van der Waals surface area contributed by atoms with Crippen LogP contribution in [0.1, 0.15) is 38.5 Å². The monoisotopic (exact) mass is 341 g/mol. The Morgan fingerprint density at radius 3 is 3.00 bits per heavy atom. The van der Waals surface area contributed by atoms with Crippen molar-refractivity contribution in [1.29, 1.82) is 0 Å². The lowest BCUT2D eigenvalue weighted by Gasteiger charge is -2.39. The number of likely N-dealkylation sites (tertiary alicyclic amines) is 1. The Labute approximate surface area is 149 Å². The Bertz CT molecular complexity index is 625. The van der Waals surface area contributed by atoms with Gasteiger partial charge in [0.2, 0.25) is 5.91 Å². The number of anilines is 1. The van der Waals surface area contributed by atoms with Crippen LogP contribution in [0.25, 0.3) is 0 Å². The number of rotatable bonds is 4. The van der Waals surface area contributed by atoms with E-state index in [0.717, 1.165) is 57.6 Å². The van der Waals surface area contributed by atoms with Crippen LogP contribution in [-0.4, -0.2) is 47.1 Å². The van der Waals surface area contributed by atoms with E-state index >= 15 is 0 Å². The summed E-state index contributed by atoms with van der Waals surface area (Å²) in [6, 6.07) is 5.88. The molecule has 0 bridgehead atoms. The molecule has 0 radical (unpaired) electrons. The average Bonchev–Trinajstić information content (AvgIpc) is 3.31. The third kappa shape index (κ3) is 3.71. The molecule has 2 aliphatic heterocycles. The summed E-state index contributed by atoms with van der Waals surface area (Å²) in [5.74, 6) is 1.38. The molecule has 2 fully saturated rings. The standard InChI is InChI=1S/C20H27N3O2/c24-19(16-6-1-2-7-16)23-13-11-20(15-23)10-5-8-17(25-20)14-22-18-9-3-4-12-21-18/h1-4,9,12,16-17H,5-8,10-11,13-15H2,(H,21,22)/t17-,20-/m0/s1. The molecule has 4 rings (SSSR count). The molecule has 134 valence electrons. The van der Waals surface area contributed by atoms with Crippen LogP contribution in [-0.2, 0) is 9.53 Å². The number of carbonyl (C=O) groups excluding carboxylic acids is 1. The number of aromatic nitrogens is 1. The molecule has 2 atom stereocenters. The number of pyridine rings is 1. The minimum atomic E-state index is -0.129. The summed E-state index contributed by atoms with van der Waals surface area (Å²) in [7, 11) is 0. The molecule has 0 saturated carbocycles. The smallest absolute Gasteiger partial charge is 0.226 e. The van der Waals surface area contributed by atoms with Crippen molar-refractivity contribution in [2.24, 2.45) is 5.92 Å². The first-order valence-corrected chi connectivity index (χ1v) is 9.51. The molecule has 1 aliphatic carbocycles. The number of hydrogen-bond donors (Lipinski definition) is 1. The fourth-order valence-corrected chi connectivity index (χ4v) is 4.36. The maximum atomic E-state index is 12.7. The average molecular weight is 341 g/mol. The summed E-state index contributed by atoms with van der Waals surface area (Å²) >= 11 is 0. The summed E-state index contributed by atoms with van der Waals surface area (Å²) in [5.41, 5.74) is -0.129. The van der Waals surface area contributed by atoms with Crippen molar-refractivity contribution in [1.82, 2.24) is 9.88 Å². The molecule has 0 aromatic carbocycles. The number of hydrogen-bond acceptors (Lipinski definition) is 4. The van der Waals surface area contributed by atoms with Gasteiger partial charge in [-0.25, -0.2) is 4.98 Å². The minimum Gasteiger partial charge on any atom is -0.368 e. The van der Waals surface area contributed by atoms with Crippen molar-refractivity contribution in [3.63, 3.8) is 0 Å². The molecule has 1 spiro atoms. The molecule has 1 amide bonds. The molecule has 1 aromatic heterocycles. The van der Waals surface area contributed by atoms with Crippen molar-refractivity contribution in [2.45, 2.75) is 50.2 Å². The van der Waals surface area contributed by atoms with Crippen molar-refractivity contribution in [3.8, 4) is 0 Å². The van der Waals surface area contributed by atoms with Gasteiger partial charge in [-0.3, -0.25) is 4.79 Å². The summed E-state index contributed by atoms with van der Waals surface area (Å²) < 4.78 is 6.50. The lowest BCUT2D eigenvalue weighted by atomic mass is 9.90. The van der Waals surface area contributed by atoms with E-state index in [-0.39, 0.29) is 17.6 Å². The van der Waals surface area contributed by atoms with Gasteiger partial charge >= 0.3 is 0 Å². The zero-order valence-electron chi connectivity index (χ0n) is 14.7. The van der Waals surface area contributed by atoms with E-state index in [1.165, 1.54) is 6.42 Å². The highest BCUT2D eigenvalue weighted by atomic mass is 16.5. The van der Waals surface area contributed by atoms with Crippen molar-refractivity contribution in [3.05, 3.63) is 36.5 Å². The second-order valence-electron chi connectivity index (χ2n) is 7.56. The largest absolute Gasteiger partial charge is 0.368 e. The molecular formula is C20H27N3O2. The van der Waals surface area contributed by atoms with Gasteiger partial charge in [-0.05, 0) is 50.7 Å². The maximum Gasteiger partial charge on any atom is 0.226 e. The molecule has 2 saturated heterocycles. The minimum absolute atomic E-state index is 0.129. The van der Waals surface area contributed by atoms with Crippen LogP contribution in [0.2, 0.25) is 0 Å². The summed E-state index contributed by atoms with van der Waals surface area (Å²) in [6.07, 6.45) is 12.3. The van der Waals surface area contributed by atoms with Crippen LogP contribution in [0, 0.1) is 5.92 Å². The number of carbonyl (C=O) groups is 1. The van der Waals surface area contributed by atoms with Crippen molar-refractivity contribution in [2.75, 3.05) is 25.0 Å². The molecule has 5 heteroatoms. The van der Waals surface area contributed by atoms with E-state index in [9.17, 15) is 4.79 Å². The molecule has 5 nitrogen and oxygen atoms in total. The van der Waals surface area contributed by atoms with Gasteiger partial charge in [-0.1, -0.05) is 18.2 Å². The van der Waals surface area contributed by atoms with Gasteiger partial charge < -0.3 is 15.0 Å². The van der Waals surface area contributed by atoms with E-state index in [1.807, 2.05) is 23.1 Å². The van der Waals surface area contributed by atoms with E-state index in [4.69, 9.17) is 4.74 Å². The number of amides is 1. The number of ether oxygens (including phenoxy) is 1. The quantitative estimate of drug-likeness (QED) is 0.856. The van der Waals surface area contributed by atoms with Gasteiger partial charge in [0.15, 0.2) is 0 Å². The maximum absolute atomic E-state index is 12.7. The fraction of sp³-hybridized carbons (Fsp3) is 0.600. The third-order valence-corrected chi connectivity index (χ3v) is 5.74. The predicted molar refractivity (Wildman–Crippen MR) is 97.2 cm³/mol. The van der Waals surface area contributed by atoms with Crippen molar-refractivity contribution < 1.29 is 9.53 Å². The highest BCUT2D eigenvalue weighted by Gasteiger charge is 2.45. The Kier molecular flexibility index (Phi) is 4.75. The SMILES string of the molecule is O=C(C1CC=CC1)N1CC[C@@]2(CCC[C@@H](CNc3ccccn3)O2)C1. The topological polar surface area (TPSA) is 54.5 Å². The fourth-order valence-electron chi connectivity index (χ4n) is 4.36. The lowest BCUT2D eigenvalue weighted by molar-refractivity contribution is -0.140. The molecule has 0 unspecified atom stereocenters. The van der Waals surface area contributed by atoms with Gasteiger partial charge in [0.25, 0.3) is 0 Å². The second-order valence-corrected chi connectivity index (χ2v) is 7.56. The second kappa shape index (κ2) is 7.16. The molecule has 1 N–H and O–H groups in total. The van der Waals surface area contributed by atoms with Gasteiger partial charge in [0, 0.05) is 31.7 Å². The van der Waals surface area contributed by atoms with Gasteiger partial charge in [0.1, 0.15) is 5.82 Å². The van der Waals surface area contributed by atoms with Gasteiger partial charge in [-0.15, -0.1) is 0 Å². The first kappa shape index (κ1) is 16.6. The van der Waals surface area contributed by atoms with Gasteiger partial charge in [-0.2, -0.15) is 0 Å². The summed E-state index contributed by atoms with van der Waals surface area (Å²) in [4.78, 5) is 19.0. The number of nitrogens with zero attached hydrogens (tertiary/aromatic N) is 2. The van der Waals surface area contributed by atoms with Crippen LogP contribution in [0.15, 0.2) is 36.5 Å². The Morgan fingerprint density at radius 1 is 1.32 bits per heavy atom. The molecule has 3 aliphatic rings. The van der Waals surface area contributed by atoms with E-state index < -0.39 is 0 Å². The first-order chi connectivity index (χ1) is 12.2. The number of allylic oxidation sites excluding steroid dienone is 2. The normalized spacial score (nSPS) is 29.4. The zero-order valence-corrected chi connectivity index (χ0v) is 14.7. The lowest BCUT2D eigenvalue weighted by Crippen LogP contribution is -2.46. The van der Waals surface area contributed by atoms with Crippen LogP contribution in [0.4, 0.5) is 5.82 Å². The highest BCUT2D eigenvalue weighted by Crippen LogP contribution is 2.37. The van der Waals surface area contributed by atoms with E-state index in [1.54, 1.807) is 6.20 Å². The first-order valence-electron chi connectivity index (χ1n) is 9.51. The van der Waals surface area contributed by atoms with Crippen molar-refractivity contribution >= 4 is 11.7 Å². The highest BCUT2D eigenvalue weighted by molar-refractivity contribution is 5.80. The summed E-state index contributed by atoms with van der Waals surface area (Å²) in [5, 5.41) is 3.37. The Morgan fingerprint density at radius 2 is 2.20 bits per heavy atom. The zero-order chi connectivity index (χ0) is 17.1. The van der Waals surface area contributed by atoms with Crippen LogP contribution >= 0.6 is 0 Å². The van der Waals surface area contributed by atoms with E-state index in [0.29, 0.717) is 5.91 Å². The van der Waals surface area contributed by atoms with Gasteiger partial charge in [0.05, 0.1) is 11.7 Å². The van der Waals surface area contributed by atoms with Crippen LogP contribution in [0.3, 0.4) is 0 Å². The molecule has 25 heavy (non-hydrogen) atoms. The molecular weight excluding hydrogens is 314 g/mol. The molecule has 1 aromatic rings. The molecule has 3 heterocycles. The van der Waals surface area contributed by atoms with Crippen LogP contribution in [0.5, 0.6) is 0 Å². The van der Waals surface area contributed by atoms with E-state index in [2.05, 4.69) is 22.5 Å². The summed E-state index contributed by atoms with van der Waals surface area (Å²) in [6.45, 7) is 2.39.